The van der Waals surface area contributed by atoms with Gasteiger partial charge in [-0.3, -0.25) is 9.59 Å². The number of nitrogens with zero attached hydrogens (tertiary/aromatic N) is 1. The average molecular weight is 439 g/mol. The molecule has 1 amide bonds. The van der Waals surface area contributed by atoms with Gasteiger partial charge in [0.25, 0.3) is 5.91 Å². The number of hydrogen-bond donors (Lipinski definition) is 4. The molecule has 7 heteroatoms. The zero-order valence-electron chi connectivity index (χ0n) is 18.6. The molecule has 0 radical (unpaired) electrons. The molecule has 1 saturated heterocycles. The molecule has 1 aliphatic rings. The Morgan fingerprint density at radius 1 is 0.875 bits per heavy atom. The Morgan fingerprint density at radius 3 is 2.47 bits per heavy atom. The van der Waals surface area contributed by atoms with Crippen LogP contribution in [0.25, 0.3) is 0 Å². The highest BCUT2D eigenvalue weighted by molar-refractivity contribution is 6.01. The summed E-state index contributed by atoms with van der Waals surface area (Å²) in [6.45, 7) is 6.01. The molecule has 3 rings (SSSR count). The van der Waals surface area contributed by atoms with Crippen molar-refractivity contribution in [3.8, 4) is 5.75 Å². The number of benzene rings is 2. The summed E-state index contributed by atoms with van der Waals surface area (Å²) < 4.78 is 0. The SMILES string of the molecule is O=C(CNCCN1CCCCC1)c1cccc(C(=O)NCCNCc2cccc(O)c2)c1. The zero-order chi connectivity index (χ0) is 22.6. The Hall–Kier alpha value is -2.74. The number of nitrogens with one attached hydrogen (secondary N) is 3. The third-order valence-corrected chi connectivity index (χ3v) is 5.61. The topological polar surface area (TPSA) is 93.7 Å². The Kier molecular flexibility index (Phi) is 9.68. The summed E-state index contributed by atoms with van der Waals surface area (Å²) >= 11 is 0. The number of amides is 1. The van der Waals surface area contributed by atoms with Gasteiger partial charge in [0.2, 0.25) is 0 Å². The van der Waals surface area contributed by atoms with Crippen molar-refractivity contribution in [3.05, 3.63) is 65.2 Å². The molecule has 1 aliphatic heterocycles. The second kappa shape index (κ2) is 13.0. The van der Waals surface area contributed by atoms with Gasteiger partial charge in [-0.2, -0.15) is 0 Å². The molecule has 0 aromatic heterocycles. The lowest BCUT2D eigenvalue weighted by Gasteiger charge is -2.26. The summed E-state index contributed by atoms with van der Waals surface area (Å²) in [6, 6.07) is 13.9. The monoisotopic (exact) mass is 438 g/mol. The molecule has 32 heavy (non-hydrogen) atoms. The van der Waals surface area contributed by atoms with Crippen molar-refractivity contribution in [1.82, 2.24) is 20.9 Å². The maximum Gasteiger partial charge on any atom is 0.251 e. The third kappa shape index (κ3) is 8.07. The summed E-state index contributed by atoms with van der Waals surface area (Å²) in [5.41, 5.74) is 2.01. The lowest BCUT2D eigenvalue weighted by Crippen LogP contribution is -2.37. The van der Waals surface area contributed by atoms with E-state index in [0.717, 1.165) is 31.7 Å². The van der Waals surface area contributed by atoms with E-state index in [4.69, 9.17) is 0 Å². The maximum atomic E-state index is 12.5. The van der Waals surface area contributed by atoms with E-state index in [9.17, 15) is 14.7 Å². The molecule has 7 nitrogen and oxygen atoms in total. The van der Waals surface area contributed by atoms with Gasteiger partial charge in [-0.05, 0) is 55.8 Å². The van der Waals surface area contributed by atoms with E-state index in [1.54, 1.807) is 42.5 Å². The van der Waals surface area contributed by atoms with Crippen LogP contribution in [0.2, 0.25) is 0 Å². The number of ketones is 1. The van der Waals surface area contributed by atoms with Gasteiger partial charge < -0.3 is 26.0 Å². The summed E-state index contributed by atoms with van der Waals surface area (Å²) in [6.07, 6.45) is 3.85. The summed E-state index contributed by atoms with van der Waals surface area (Å²) in [7, 11) is 0. The minimum Gasteiger partial charge on any atom is -0.508 e. The van der Waals surface area contributed by atoms with Crippen LogP contribution in [-0.2, 0) is 6.54 Å². The molecule has 0 bridgehead atoms. The first-order valence-electron chi connectivity index (χ1n) is 11.4. The molecule has 172 valence electrons. The molecular formula is C25H34N4O3. The highest BCUT2D eigenvalue weighted by Crippen LogP contribution is 2.10. The van der Waals surface area contributed by atoms with E-state index in [2.05, 4.69) is 20.9 Å². The van der Waals surface area contributed by atoms with Crippen molar-refractivity contribution in [2.75, 3.05) is 45.8 Å². The van der Waals surface area contributed by atoms with Gasteiger partial charge >= 0.3 is 0 Å². The van der Waals surface area contributed by atoms with Crippen LogP contribution in [0.4, 0.5) is 0 Å². The second-order valence-corrected chi connectivity index (χ2v) is 8.19. The number of carbonyl (C=O) groups excluding carboxylic acids is 2. The first-order valence-corrected chi connectivity index (χ1v) is 11.4. The number of aromatic hydroxyl groups is 1. The first kappa shape index (κ1) is 23.9. The van der Waals surface area contributed by atoms with Crippen molar-refractivity contribution in [2.45, 2.75) is 25.8 Å². The van der Waals surface area contributed by atoms with E-state index in [1.807, 2.05) is 6.07 Å². The molecule has 0 atom stereocenters. The van der Waals surface area contributed by atoms with Gasteiger partial charge in [-0.25, -0.2) is 0 Å². The van der Waals surface area contributed by atoms with Crippen LogP contribution >= 0.6 is 0 Å². The molecule has 2 aromatic rings. The normalized spacial score (nSPS) is 14.2. The number of Topliss-reactive ketones (excluding diaryl/α,β-unsaturated/α-hetero) is 1. The van der Waals surface area contributed by atoms with Gasteiger partial charge in [0.15, 0.2) is 5.78 Å². The number of hydrogen-bond acceptors (Lipinski definition) is 6. The molecule has 0 saturated carbocycles. The van der Waals surface area contributed by atoms with Crippen molar-refractivity contribution in [1.29, 1.82) is 0 Å². The molecule has 2 aromatic carbocycles. The highest BCUT2D eigenvalue weighted by atomic mass is 16.3. The number of phenolic OH excluding ortho intramolecular Hbond substituents is 1. The van der Waals surface area contributed by atoms with E-state index in [-0.39, 0.29) is 24.0 Å². The number of piperidine rings is 1. The average Bonchev–Trinajstić information content (AvgIpc) is 2.82. The molecule has 1 heterocycles. The standard InChI is InChI=1S/C25H34N4O3/c30-23-9-4-6-20(16-23)18-26-10-11-28-25(32)22-8-5-7-21(17-22)24(31)19-27-12-15-29-13-2-1-3-14-29/h4-9,16-17,26-27,30H,1-3,10-15,18-19H2,(H,28,32). The molecule has 0 unspecified atom stereocenters. The van der Waals surface area contributed by atoms with Crippen LogP contribution in [0, 0.1) is 0 Å². The Bertz CT molecular complexity index is 881. The Labute approximate surface area is 190 Å². The minimum atomic E-state index is -0.197. The molecule has 4 N–H and O–H groups in total. The van der Waals surface area contributed by atoms with Gasteiger partial charge in [0.05, 0.1) is 6.54 Å². The van der Waals surface area contributed by atoms with Crippen LogP contribution in [0.1, 0.15) is 45.5 Å². The lowest BCUT2D eigenvalue weighted by atomic mass is 10.1. The summed E-state index contributed by atoms with van der Waals surface area (Å²) in [4.78, 5) is 27.4. The fraction of sp³-hybridized carbons (Fsp3) is 0.440. The third-order valence-electron chi connectivity index (χ3n) is 5.61. The largest absolute Gasteiger partial charge is 0.508 e. The minimum absolute atomic E-state index is 0.00826. The van der Waals surface area contributed by atoms with Crippen molar-refractivity contribution in [2.24, 2.45) is 0 Å². The van der Waals surface area contributed by atoms with Crippen LogP contribution in [0.3, 0.4) is 0 Å². The van der Waals surface area contributed by atoms with Crippen LogP contribution in [0.5, 0.6) is 5.75 Å². The van der Waals surface area contributed by atoms with Gasteiger partial charge in [-0.1, -0.05) is 30.7 Å². The smallest absolute Gasteiger partial charge is 0.251 e. The molecule has 1 fully saturated rings. The quantitative estimate of drug-likeness (QED) is 0.300. The van der Waals surface area contributed by atoms with E-state index in [1.165, 1.54) is 19.3 Å². The Morgan fingerprint density at radius 2 is 1.66 bits per heavy atom. The first-order chi connectivity index (χ1) is 15.6. The number of rotatable bonds is 12. The number of phenols is 1. The van der Waals surface area contributed by atoms with Crippen molar-refractivity contribution >= 4 is 11.7 Å². The van der Waals surface area contributed by atoms with Crippen molar-refractivity contribution < 1.29 is 14.7 Å². The molecule has 0 spiro atoms. The fourth-order valence-corrected chi connectivity index (χ4v) is 3.82. The maximum absolute atomic E-state index is 12.5. The van der Waals surface area contributed by atoms with Gasteiger partial charge in [0.1, 0.15) is 5.75 Å². The number of likely N-dealkylation sites (tertiary alicyclic amines) is 1. The summed E-state index contributed by atoms with van der Waals surface area (Å²) in [5.74, 6) is 0.0344. The van der Waals surface area contributed by atoms with Crippen LogP contribution in [0.15, 0.2) is 48.5 Å². The molecule has 0 aliphatic carbocycles. The number of carbonyl (C=O) groups is 2. The second-order valence-electron chi connectivity index (χ2n) is 8.19. The fourth-order valence-electron chi connectivity index (χ4n) is 3.82. The lowest BCUT2D eigenvalue weighted by molar-refractivity contribution is 0.0954. The van der Waals surface area contributed by atoms with Crippen LogP contribution in [-0.4, -0.2) is 67.5 Å². The van der Waals surface area contributed by atoms with Crippen molar-refractivity contribution in [3.63, 3.8) is 0 Å². The van der Waals surface area contributed by atoms with Gasteiger partial charge in [-0.15, -0.1) is 0 Å². The predicted molar refractivity (Wildman–Crippen MR) is 126 cm³/mol. The van der Waals surface area contributed by atoms with E-state index in [0.29, 0.717) is 30.8 Å². The van der Waals surface area contributed by atoms with E-state index >= 15 is 0 Å². The highest BCUT2D eigenvalue weighted by Gasteiger charge is 2.12. The molecular weight excluding hydrogens is 404 g/mol. The van der Waals surface area contributed by atoms with Crippen LogP contribution < -0.4 is 16.0 Å². The predicted octanol–water partition coefficient (Wildman–Crippen LogP) is 2.17. The zero-order valence-corrected chi connectivity index (χ0v) is 18.6. The Balaban J connectivity index is 1.35. The van der Waals surface area contributed by atoms with Gasteiger partial charge in [0, 0.05) is 43.9 Å². The summed E-state index contributed by atoms with van der Waals surface area (Å²) in [5, 5.41) is 18.8. The van der Waals surface area contributed by atoms with E-state index < -0.39 is 0 Å².